The van der Waals surface area contributed by atoms with Crippen LogP contribution >= 0.6 is 11.3 Å². The van der Waals surface area contributed by atoms with Gasteiger partial charge in [0.2, 0.25) is 0 Å². The number of rotatable bonds is 3. The molecule has 2 rings (SSSR count). The molecular formula is C15H18N2O2S. The van der Waals surface area contributed by atoms with E-state index < -0.39 is 5.97 Å². The van der Waals surface area contributed by atoms with E-state index >= 15 is 0 Å². The molecule has 0 fully saturated rings. The van der Waals surface area contributed by atoms with Crippen molar-refractivity contribution in [3.8, 4) is 0 Å². The average Bonchev–Trinajstić information content (AvgIpc) is 2.79. The van der Waals surface area contributed by atoms with E-state index in [0.717, 1.165) is 11.3 Å². The van der Waals surface area contributed by atoms with E-state index in [9.17, 15) is 9.90 Å². The Labute approximate surface area is 122 Å². The number of aromatic nitrogens is 1. The van der Waals surface area contributed by atoms with Crippen molar-refractivity contribution in [3.05, 3.63) is 40.4 Å². The summed E-state index contributed by atoms with van der Waals surface area (Å²) in [5.74, 6) is -0.941. The summed E-state index contributed by atoms with van der Waals surface area (Å²) in [4.78, 5) is 15.8. The van der Waals surface area contributed by atoms with Gasteiger partial charge in [-0.05, 0) is 19.1 Å². The maximum atomic E-state index is 11.3. The van der Waals surface area contributed by atoms with E-state index in [1.165, 1.54) is 11.3 Å². The van der Waals surface area contributed by atoms with Crippen LogP contribution in [-0.4, -0.2) is 16.1 Å². The van der Waals surface area contributed by atoms with Crippen LogP contribution in [0, 0.1) is 6.92 Å². The Kier molecular flexibility index (Phi) is 3.81. The number of nitrogens with zero attached hydrogens (tertiary/aromatic N) is 1. The minimum atomic E-state index is -0.941. The highest BCUT2D eigenvalue weighted by molar-refractivity contribution is 7.13. The van der Waals surface area contributed by atoms with Gasteiger partial charge in [-0.2, -0.15) is 0 Å². The Hall–Kier alpha value is -1.88. The topological polar surface area (TPSA) is 62.2 Å². The van der Waals surface area contributed by atoms with Crippen LogP contribution in [0.25, 0.3) is 0 Å². The average molecular weight is 290 g/mol. The number of aryl methyl sites for hydroxylation is 1. The van der Waals surface area contributed by atoms with Gasteiger partial charge in [0.25, 0.3) is 0 Å². The lowest BCUT2D eigenvalue weighted by molar-refractivity contribution is 0.0698. The molecule has 0 unspecified atom stereocenters. The van der Waals surface area contributed by atoms with Gasteiger partial charge in [-0.15, -0.1) is 11.3 Å². The summed E-state index contributed by atoms with van der Waals surface area (Å²) >= 11 is 1.48. The monoisotopic (exact) mass is 290 g/mol. The minimum Gasteiger partial charge on any atom is -0.478 e. The number of anilines is 2. The van der Waals surface area contributed by atoms with Crippen molar-refractivity contribution >= 4 is 28.1 Å². The lowest BCUT2D eigenvalue weighted by Crippen LogP contribution is -2.11. The van der Waals surface area contributed by atoms with Gasteiger partial charge in [-0.1, -0.05) is 32.4 Å². The molecule has 1 aromatic carbocycles. The number of carboxylic acid groups (broad SMARTS) is 1. The summed E-state index contributed by atoms with van der Waals surface area (Å²) in [6, 6.07) is 5.31. The fourth-order valence-electron chi connectivity index (χ4n) is 1.73. The molecule has 106 valence electrons. The number of hydrogen-bond acceptors (Lipinski definition) is 4. The second-order valence-corrected chi connectivity index (χ2v) is 6.63. The van der Waals surface area contributed by atoms with Crippen molar-refractivity contribution in [3.63, 3.8) is 0 Å². The van der Waals surface area contributed by atoms with Gasteiger partial charge in [0.15, 0.2) is 5.13 Å². The fraction of sp³-hybridized carbons (Fsp3) is 0.333. The first-order valence-electron chi connectivity index (χ1n) is 6.34. The zero-order valence-corrected chi connectivity index (χ0v) is 12.8. The van der Waals surface area contributed by atoms with Gasteiger partial charge in [0.1, 0.15) is 0 Å². The predicted octanol–water partition coefficient (Wildman–Crippen LogP) is 4.19. The number of carboxylic acids is 1. The standard InChI is InChI=1S/C15H18N2O2S/c1-9-5-6-11(10(7-9)13(18)19)16-14-17-12(8-20-14)15(2,3)4/h5-8H,1-4H3,(H,16,17)(H,18,19). The number of thiazole rings is 1. The summed E-state index contributed by atoms with van der Waals surface area (Å²) in [5, 5.41) is 15.1. The predicted molar refractivity (Wildman–Crippen MR) is 82.2 cm³/mol. The first kappa shape index (κ1) is 14.5. The van der Waals surface area contributed by atoms with Crippen LogP contribution in [-0.2, 0) is 5.41 Å². The summed E-state index contributed by atoms with van der Waals surface area (Å²) < 4.78 is 0. The number of benzene rings is 1. The molecule has 0 aliphatic rings. The Morgan fingerprint density at radius 3 is 2.60 bits per heavy atom. The first-order chi connectivity index (χ1) is 9.27. The zero-order chi connectivity index (χ0) is 14.9. The summed E-state index contributed by atoms with van der Waals surface area (Å²) in [6.45, 7) is 8.17. The Balaban J connectivity index is 2.31. The number of hydrogen-bond donors (Lipinski definition) is 2. The quantitative estimate of drug-likeness (QED) is 0.889. The van der Waals surface area contributed by atoms with Gasteiger partial charge < -0.3 is 10.4 Å². The van der Waals surface area contributed by atoms with Crippen molar-refractivity contribution in [2.75, 3.05) is 5.32 Å². The highest BCUT2D eigenvalue weighted by Crippen LogP contribution is 2.29. The fourth-order valence-corrected chi connectivity index (χ4v) is 2.68. The molecular weight excluding hydrogens is 272 g/mol. The van der Waals surface area contributed by atoms with Crippen LogP contribution in [0.15, 0.2) is 23.6 Å². The van der Waals surface area contributed by atoms with E-state index in [2.05, 4.69) is 31.1 Å². The molecule has 0 saturated heterocycles. The zero-order valence-electron chi connectivity index (χ0n) is 12.0. The summed E-state index contributed by atoms with van der Waals surface area (Å²) in [7, 11) is 0. The molecule has 0 atom stereocenters. The molecule has 0 amide bonds. The normalized spacial score (nSPS) is 11.4. The van der Waals surface area contributed by atoms with Gasteiger partial charge in [0, 0.05) is 10.8 Å². The van der Waals surface area contributed by atoms with E-state index in [1.807, 2.05) is 18.4 Å². The van der Waals surface area contributed by atoms with Gasteiger partial charge in [-0.3, -0.25) is 0 Å². The Morgan fingerprint density at radius 1 is 1.35 bits per heavy atom. The maximum Gasteiger partial charge on any atom is 0.337 e. The molecule has 0 bridgehead atoms. The van der Waals surface area contributed by atoms with Crippen LogP contribution < -0.4 is 5.32 Å². The van der Waals surface area contributed by atoms with Crippen molar-refractivity contribution < 1.29 is 9.90 Å². The van der Waals surface area contributed by atoms with Crippen molar-refractivity contribution in [1.82, 2.24) is 4.98 Å². The van der Waals surface area contributed by atoms with Crippen LogP contribution in [0.1, 0.15) is 42.4 Å². The van der Waals surface area contributed by atoms with Crippen LogP contribution in [0.5, 0.6) is 0 Å². The number of aromatic carboxylic acids is 1. The Bertz CT molecular complexity index is 642. The molecule has 0 aliphatic heterocycles. The van der Waals surface area contributed by atoms with Crippen molar-refractivity contribution in [2.45, 2.75) is 33.1 Å². The third-order valence-electron chi connectivity index (χ3n) is 2.92. The van der Waals surface area contributed by atoms with Gasteiger partial charge in [-0.25, -0.2) is 9.78 Å². The molecule has 0 aliphatic carbocycles. The minimum absolute atomic E-state index is 0.0145. The number of nitrogens with one attached hydrogen (secondary N) is 1. The molecule has 2 N–H and O–H groups in total. The smallest absolute Gasteiger partial charge is 0.337 e. The molecule has 5 heteroatoms. The van der Waals surface area contributed by atoms with Crippen LogP contribution in [0.3, 0.4) is 0 Å². The third-order valence-corrected chi connectivity index (χ3v) is 3.68. The molecule has 1 heterocycles. The van der Waals surface area contributed by atoms with Gasteiger partial charge in [0.05, 0.1) is 16.9 Å². The lowest BCUT2D eigenvalue weighted by Gasteiger charge is -2.14. The number of carbonyl (C=O) groups is 1. The summed E-state index contributed by atoms with van der Waals surface area (Å²) in [5.41, 5.74) is 2.73. The van der Waals surface area contributed by atoms with Crippen LogP contribution in [0.2, 0.25) is 0 Å². The molecule has 2 aromatic rings. The molecule has 0 saturated carbocycles. The van der Waals surface area contributed by atoms with Crippen LogP contribution in [0.4, 0.5) is 10.8 Å². The van der Waals surface area contributed by atoms with Crippen molar-refractivity contribution in [1.29, 1.82) is 0 Å². The molecule has 20 heavy (non-hydrogen) atoms. The highest BCUT2D eigenvalue weighted by Gasteiger charge is 2.18. The summed E-state index contributed by atoms with van der Waals surface area (Å²) in [6.07, 6.45) is 0. The van der Waals surface area contributed by atoms with Crippen molar-refractivity contribution in [2.24, 2.45) is 0 Å². The second kappa shape index (κ2) is 5.25. The van der Waals surface area contributed by atoms with E-state index in [0.29, 0.717) is 10.8 Å². The van der Waals surface area contributed by atoms with E-state index in [1.54, 1.807) is 12.1 Å². The van der Waals surface area contributed by atoms with E-state index in [4.69, 9.17) is 0 Å². The lowest BCUT2D eigenvalue weighted by atomic mass is 9.93. The maximum absolute atomic E-state index is 11.3. The second-order valence-electron chi connectivity index (χ2n) is 5.77. The molecule has 0 radical (unpaired) electrons. The Morgan fingerprint density at radius 2 is 2.05 bits per heavy atom. The van der Waals surface area contributed by atoms with E-state index in [-0.39, 0.29) is 11.0 Å². The molecule has 1 aromatic heterocycles. The van der Waals surface area contributed by atoms with Gasteiger partial charge >= 0.3 is 5.97 Å². The molecule has 0 spiro atoms. The SMILES string of the molecule is Cc1ccc(Nc2nc(C(C)(C)C)cs2)c(C(=O)O)c1. The highest BCUT2D eigenvalue weighted by atomic mass is 32.1. The largest absolute Gasteiger partial charge is 0.478 e. The first-order valence-corrected chi connectivity index (χ1v) is 7.22. The third kappa shape index (κ3) is 3.17. The molecule has 4 nitrogen and oxygen atoms in total.